The predicted molar refractivity (Wildman–Crippen MR) is 69.3 cm³/mol. The molecule has 98 valence electrons. The van der Waals surface area contributed by atoms with Gasteiger partial charge in [0.05, 0.1) is 5.75 Å². The fourth-order valence-electron chi connectivity index (χ4n) is 2.12. The first-order valence-electron chi connectivity index (χ1n) is 5.96. The van der Waals surface area contributed by atoms with Crippen LogP contribution in [0.5, 0.6) is 5.75 Å². The summed E-state index contributed by atoms with van der Waals surface area (Å²) >= 11 is 0. The van der Waals surface area contributed by atoms with Gasteiger partial charge in [-0.05, 0) is 18.1 Å². The van der Waals surface area contributed by atoms with Crippen LogP contribution in [0.3, 0.4) is 0 Å². The highest BCUT2D eigenvalue weighted by atomic mass is 32.2. The third-order valence-corrected chi connectivity index (χ3v) is 4.90. The van der Waals surface area contributed by atoms with Gasteiger partial charge in [0, 0.05) is 17.2 Å². The molecular formula is C13H16O4S. The Balaban J connectivity index is 1.97. The largest absolute Gasteiger partial charge is 0.489 e. The van der Waals surface area contributed by atoms with Crippen LogP contribution in [-0.2, 0) is 22.0 Å². The van der Waals surface area contributed by atoms with Gasteiger partial charge in [-0.3, -0.25) is 9.00 Å². The summed E-state index contributed by atoms with van der Waals surface area (Å²) in [6, 6.07) is 7.69. The molecule has 1 aliphatic heterocycles. The van der Waals surface area contributed by atoms with E-state index in [0.29, 0.717) is 12.8 Å². The Hall–Kier alpha value is -1.36. The van der Waals surface area contributed by atoms with Crippen LogP contribution in [0.1, 0.15) is 18.9 Å². The van der Waals surface area contributed by atoms with Gasteiger partial charge in [0.1, 0.15) is 17.1 Å². The van der Waals surface area contributed by atoms with E-state index >= 15 is 0 Å². The van der Waals surface area contributed by atoms with E-state index in [0.717, 1.165) is 11.3 Å². The number of aliphatic carboxylic acids is 1. The molecule has 0 radical (unpaired) electrons. The lowest BCUT2D eigenvalue weighted by Gasteiger charge is -2.14. The molecule has 5 heteroatoms. The van der Waals surface area contributed by atoms with Crippen LogP contribution in [0.2, 0.25) is 0 Å². The average Bonchev–Trinajstić information content (AvgIpc) is 2.71. The fraction of sp³-hybridized carbons (Fsp3) is 0.462. The Bertz CT molecular complexity index is 447. The van der Waals surface area contributed by atoms with Gasteiger partial charge < -0.3 is 9.84 Å². The van der Waals surface area contributed by atoms with Crippen LogP contribution >= 0.6 is 0 Å². The second-order valence-corrected chi connectivity index (χ2v) is 6.00. The fourth-order valence-corrected chi connectivity index (χ4v) is 3.50. The second-order valence-electron chi connectivity index (χ2n) is 4.33. The van der Waals surface area contributed by atoms with Crippen molar-refractivity contribution in [3.05, 3.63) is 29.8 Å². The Labute approximate surface area is 108 Å². The summed E-state index contributed by atoms with van der Waals surface area (Å²) < 4.78 is 17.6. The minimum Gasteiger partial charge on any atom is -0.489 e. The van der Waals surface area contributed by atoms with Crippen LogP contribution < -0.4 is 4.74 Å². The number of ether oxygens (including phenoxy) is 1. The standard InChI is InChI=1S/C13H16O4S/c1-2-12(13(14)15)18(16)8-10-7-9-5-3-4-6-11(9)17-10/h3-6,10,12H,2,7-8H2,1H3,(H,14,15). The van der Waals surface area contributed by atoms with Gasteiger partial charge in [-0.1, -0.05) is 25.1 Å². The van der Waals surface area contributed by atoms with Gasteiger partial charge >= 0.3 is 5.97 Å². The molecule has 0 aliphatic carbocycles. The van der Waals surface area contributed by atoms with Gasteiger partial charge in [0.25, 0.3) is 0 Å². The van der Waals surface area contributed by atoms with Gasteiger partial charge in [0.15, 0.2) is 0 Å². The molecule has 0 bridgehead atoms. The third kappa shape index (κ3) is 2.72. The Morgan fingerprint density at radius 1 is 1.56 bits per heavy atom. The van der Waals surface area contributed by atoms with Gasteiger partial charge in [-0.2, -0.15) is 0 Å². The van der Waals surface area contributed by atoms with Gasteiger partial charge in [-0.15, -0.1) is 0 Å². The quantitative estimate of drug-likeness (QED) is 0.881. The van der Waals surface area contributed by atoms with E-state index in [9.17, 15) is 9.00 Å². The van der Waals surface area contributed by atoms with E-state index in [4.69, 9.17) is 9.84 Å². The van der Waals surface area contributed by atoms with Crippen LogP contribution in [0, 0.1) is 0 Å². The maximum Gasteiger partial charge on any atom is 0.319 e. The Kier molecular flexibility index (Phi) is 4.01. The van der Waals surface area contributed by atoms with E-state index in [1.807, 2.05) is 24.3 Å². The van der Waals surface area contributed by atoms with Crippen LogP contribution in [0.15, 0.2) is 24.3 Å². The number of para-hydroxylation sites is 1. The lowest BCUT2D eigenvalue weighted by atomic mass is 10.1. The highest BCUT2D eigenvalue weighted by molar-refractivity contribution is 7.86. The number of carboxylic acids is 1. The summed E-state index contributed by atoms with van der Waals surface area (Å²) in [6.45, 7) is 1.74. The van der Waals surface area contributed by atoms with Crippen molar-refractivity contribution in [1.29, 1.82) is 0 Å². The third-order valence-electron chi connectivity index (χ3n) is 3.03. The highest BCUT2D eigenvalue weighted by Crippen LogP contribution is 2.28. The zero-order valence-electron chi connectivity index (χ0n) is 10.2. The monoisotopic (exact) mass is 268 g/mol. The smallest absolute Gasteiger partial charge is 0.319 e. The molecule has 3 unspecified atom stereocenters. The average molecular weight is 268 g/mol. The van der Waals surface area contributed by atoms with Gasteiger partial charge in [-0.25, -0.2) is 0 Å². The highest BCUT2D eigenvalue weighted by Gasteiger charge is 2.29. The molecule has 0 aromatic heterocycles. The molecule has 1 aliphatic rings. The summed E-state index contributed by atoms with van der Waals surface area (Å²) in [5, 5.41) is 8.16. The molecular weight excluding hydrogens is 252 g/mol. The molecule has 18 heavy (non-hydrogen) atoms. The molecule has 2 rings (SSSR count). The van der Waals surface area contributed by atoms with E-state index in [1.54, 1.807) is 6.92 Å². The summed E-state index contributed by atoms with van der Waals surface area (Å²) in [5.41, 5.74) is 1.10. The molecule has 4 nitrogen and oxygen atoms in total. The van der Waals surface area contributed by atoms with E-state index in [1.165, 1.54) is 0 Å². The molecule has 0 fully saturated rings. The molecule has 0 amide bonds. The number of carbonyl (C=O) groups is 1. The Morgan fingerprint density at radius 3 is 2.89 bits per heavy atom. The first kappa shape index (κ1) is 13.1. The molecule has 1 aromatic carbocycles. The first-order chi connectivity index (χ1) is 8.61. The lowest BCUT2D eigenvalue weighted by Crippen LogP contribution is -2.32. The van der Waals surface area contributed by atoms with Crippen molar-refractivity contribution in [2.75, 3.05) is 5.75 Å². The maximum absolute atomic E-state index is 12.0. The van der Waals surface area contributed by atoms with Crippen molar-refractivity contribution < 1.29 is 18.8 Å². The van der Waals surface area contributed by atoms with Crippen molar-refractivity contribution in [2.24, 2.45) is 0 Å². The number of fused-ring (bicyclic) bond motifs is 1. The topological polar surface area (TPSA) is 63.6 Å². The molecule has 0 saturated heterocycles. The predicted octanol–water partition coefficient (Wildman–Crippen LogP) is 1.60. The maximum atomic E-state index is 12.0. The molecule has 1 aromatic rings. The number of hydrogen-bond donors (Lipinski definition) is 1. The van der Waals surface area contributed by atoms with Crippen molar-refractivity contribution in [3.63, 3.8) is 0 Å². The minimum absolute atomic E-state index is 0.170. The summed E-state index contributed by atoms with van der Waals surface area (Å²) in [5.74, 6) is 0.105. The van der Waals surface area contributed by atoms with Crippen LogP contribution in [0.4, 0.5) is 0 Å². The zero-order valence-corrected chi connectivity index (χ0v) is 11.0. The van der Waals surface area contributed by atoms with Crippen LogP contribution in [0.25, 0.3) is 0 Å². The van der Waals surface area contributed by atoms with E-state index < -0.39 is 22.0 Å². The van der Waals surface area contributed by atoms with Crippen LogP contribution in [-0.4, -0.2) is 32.4 Å². The Morgan fingerprint density at radius 2 is 2.28 bits per heavy atom. The molecule has 0 saturated carbocycles. The SMILES string of the molecule is CCC(C(=O)O)S(=O)CC1Cc2ccccc2O1. The molecule has 0 spiro atoms. The van der Waals surface area contributed by atoms with Crippen molar-refractivity contribution >= 4 is 16.8 Å². The number of hydrogen-bond acceptors (Lipinski definition) is 3. The van der Waals surface area contributed by atoms with Crippen molar-refractivity contribution in [2.45, 2.75) is 31.1 Å². The molecule has 1 N–H and O–H groups in total. The summed E-state index contributed by atoms with van der Waals surface area (Å²) in [4.78, 5) is 10.9. The normalized spacial score (nSPS) is 20.8. The van der Waals surface area contributed by atoms with E-state index in [-0.39, 0.29) is 11.9 Å². The lowest BCUT2D eigenvalue weighted by molar-refractivity contribution is -0.136. The first-order valence-corrected chi connectivity index (χ1v) is 7.34. The van der Waals surface area contributed by atoms with E-state index in [2.05, 4.69) is 0 Å². The summed E-state index contributed by atoms with van der Waals surface area (Å²) in [6.07, 6.45) is 0.913. The van der Waals surface area contributed by atoms with Gasteiger partial charge in [0.2, 0.25) is 0 Å². The minimum atomic E-state index is -1.39. The van der Waals surface area contributed by atoms with Crippen molar-refractivity contribution in [1.82, 2.24) is 0 Å². The molecule has 3 atom stereocenters. The summed E-state index contributed by atoms with van der Waals surface area (Å²) in [7, 11) is -1.39. The number of rotatable bonds is 5. The number of carboxylic acid groups (broad SMARTS) is 1. The van der Waals surface area contributed by atoms with Crippen molar-refractivity contribution in [3.8, 4) is 5.75 Å². The zero-order chi connectivity index (χ0) is 13.1. The molecule has 1 heterocycles. The second kappa shape index (κ2) is 5.52. The number of benzene rings is 1.